The Balaban J connectivity index is 1.53. The van der Waals surface area contributed by atoms with Crippen molar-refractivity contribution in [2.45, 2.75) is 43.4 Å². The number of pyridine rings is 1. The predicted octanol–water partition coefficient (Wildman–Crippen LogP) is 3.40. The molecule has 0 bridgehead atoms. The lowest BCUT2D eigenvalue weighted by Crippen LogP contribution is -2.44. The summed E-state index contributed by atoms with van der Waals surface area (Å²) in [4.78, 5) is 31.5. The number of aromatic nitrogens is 1. The van der Waals surface area contributed by atoms with Gasteiger partial charge in [-0.25, -0.2) is 13.4 Å². The number of nitrogens with two attached hydrogens (primary N) is 2. The van der Waals surface area contributed by atoms with Gasteiger partial charge in [0.15, 0.2) is 9.84 Å². The minimum absolute atomic E-state index is 0.0289. The summed E-state index contributed by atoms with van der Waals surface area (Å²) < 4.78 is 27.6. The third-order valence-electron chi connectivity index (χ3n) is 8.02. The predicted molar refractivity (Wildman–Crippen MR) is 168 cm³/mol. The summed E-state index contributed by atoms with van der Waals surface area (Å²) in [6, 6.07) is 17.1. The first-order valence-corrected chi connectivity index (χ1v) is 16.2. The van der Waals surface area contributed by atoms with E-state index in [0.717, 1.165) is 36.8 Å². The van der Waals surface area contributed by atoms with Crippen molar-refractivity contribution in [3.05, 3.63) is 78.0 Å². The van der Waals surface area contributed by atoms with E-state index in [0.29, 0.717) is 42.4 Å². The van der Waals surface area contributed by atoms with Crippen molar-refractivity contribution in [2.75, 3.05) is 31.6 Å². The lowest BCUT2D eigenvalue weighted by Gasteiger charge is -2.34. The van der Waals surface area contributed by atoms with Crippen LogP contribution < -0.4 is 16.8 Å². The molecule has 43 heavy (non-hydrogen) atoms. The summed E-state index contributed by atoms with van der Waals surface area (Å²) in [5.41, 5.74) is 14.1. The SMILES string of the molecule is CNC(=O)CCCC1CCN(C(=O)[C@H](Cc2cccc(C(=N)N)c2)CS(=O)(=O)c2cccc(-c3ccc(N)nc3)c2)CC1. The molecular formula is C32H40N6O4S. The minimum Gasteiger partial charge on any atom is -0.384 e. The van der Waals surface area contributed by atoms with Crippen LogP contribution in [0.2, 0.25) is 0 Å². The molecule has 228 valence electrons. The Morgan fingerprint density at radius 3 is 2.49 bits per heavy atom. The van der Waals surface area contributed by atoms with Gasteiger partial charge in [-0.1, -0.05) is 30.3 Å². The van der Waals surface area contributed by atoms with E-state index in [1.165, 1.54) is 0 Å². The van der Waals surface area contributed by atoms with Crippen molar-refractivity contribution >= 4 is 33.3 Å². The Hall–Kier alpha value is -4.25. The zero-order valence-corrected chi connectivity index (χ0v) is 25.3. The van der Waals surface area contributed by atoms with Gasteiger partial charge < -0.3 is 21.7 Å². The van der Waals surface area contributed by atoms with Gasteiger partial charge in [0.25, 0.3) is 0 Å². The Kier molecular flexibility index (Phi) is 10.5. The number of carbonyl (C=O) groups is 2. The van der Waals surface area contributed by atoms with Gasteiger partial charge in [-0.15, -0.1) is 0 Å². The van der Waals surface area contributed by atoms with E-state index in [1.807, 2.05) is 6.07 Å². The van der Waals surface area contributed by atoms with Gasteiger partial charge in [-0.2, -0.15) is 0 Å². The molecule has 1 aliphatic heterocycles. The van der Waals surface area contributed by atoms with Crippen LogP contribution in [0.1, 0.15) is 43.2 Å². The fourth-order valence-corrected chi connectivity index (χ4v) is 7.13. The highest BCUT2D eigenvalue weighted by Crippen LogP contribution is 2.28. The minimum atomic E-state index is -3.86. The summed E-state index contributed by atoms with van der Waals surface area (Å²) in [5.74, 6) is -0.639. The molecule has 10 nitrogen and oxygen atoms in total. The largest absolute Gasteiger partial charge is 0.384 e. The van der Waals surface area contributed by atoms with Crippen molar-refractivity contribution in [3.63, 3.8) is 0 Å². The number of carbonyl (C=O) groups excluding carboxylic acids is 2. The third-order valence-corrected chi connectivity index (χ3v) is 9.84. The molecule has 2 amide bonds. The van der Waals surface area contributed by atoms with Crippen LogP contribution in [0.25, 0.3) is 11.1 Å². The first-order valence-electron chi connectivity index (χ1n) is 14.5. The molecule has 2 heterocycles. The highest BCUT2D eigenvalue weighted by molar-refractivity contribution is 7.91. The van der Waals surface area contributed by atoms with E-state index in [1.54, 1.807) is 72.7 Å². The van der Waals surface area contributed by atoms with Crippen LogP contribution in [0.15, 0.2) is 71.8 Å². The number of likely N-dealkylation sites (tertiary alicyclic amines) is 1. The van der Waals surface area contributed by atoms with Crippen LogP contribution in [0.5, 0.6) is 0 Å². The topological polar surface area (TPSA) is 172 Å². The maximum absolute atomic E-state index is 13.9. The van der Waals surface area contributed by atoms with E-state index < -0.39 is 15.8 Å². The van der Waals surface area contributed by atoms with Crippen LogP contribution in [-0.2, 0) is 25.8 Å². The Labute approximate surface area is 253 Å². The number of rotatable bonds is 12. The summed E-state index contributed by atoms with van der Waals surface area (Å²) in [6.45, 7) is 1.10. The van der Waals surface area contributed by atoms with E-state index >= 15 is 0 Å². The van der Waals surface area contributed by atoms with E-state index in [2.05, 4.69) is 10.3 Å². The number of sulfone groups is 1. The number of benzene rings is 2. The van der Waals surface area contributed by atoms with Gasteiger partial charge in [0.05, 0.1) is 16.6 Å². The first kappa shape index (κ1) is 31.7. The molecule has 4 rings (SSSR count). The number of nitrogens with one attached hydrogen (secondary N) is 2. The molecule has 11 heteroatoms. The van der Waals surface area contributed by atoms with Crippen LogP contribution in [-0.4, -0.2) is 61.8 Å². The average molecular weight is 605 g/mol. The summed E-state index contributed by atoms with van der Waals surface area (Å²) in [5, 5.41) is 10.4. The summed E-state index contributed by atoms with van der Waals surface area (Å²) in [7, 11) is -2.23. The van der Waals surface area contributed by atoms with E-state index in [-0.39, 0.29) is 34.7 Å². The number of nitrogen functional groups attached to an aromatic ring is 2. The zero-order valence-electron chi connectivity index (χ0n) is 24.5. The molecule has 1 fully saturated rings. The third kappa shape index (κ3) is 8.63. The number of hydrogen-bond acceptors (Lipinski definition) is 7. The standard InChI is InChI=1S/C32H40N6O4S/c1-36-30(39)10-3-5-22-13-15-38(16-14-22)32(40)27(18-23-6-2-8-25(17-23)31(34)35)21-43(41,42)28-9-4-7-24(19-28)26-11-12-29(33)37-20-26/h2,4,6-9,11-12,17,19-20,22,27H,3,5,10,13-16,18,21H2,1H3,(H2,33,37)(H3,34,35)(H,36,39)/t27-/m1/s1. The molecule has 0 aliphatic carbocycles. The second-order valence-electron chi connectivity index (χ2n) is 11.1. The molecule has 1 saturated heterocycles. The molecule has 3 aromatic rings. The monoisotopic (exact) mass is 604 g/mol. The number of hydrogen-bond donors (Lipinski definition) is 4. The molecule has 0 unspecified atom stereocenters. The average Bonchev–Trinajstić information content (AvgIpc) is 3.01. The summed E-state index contributed by atoms with van der Waals surface area (Å²) in [6.07, 6.45) is 5.64. The van der Waals surface area contributed by atoms with E-state index in [9.17, 15) is 18.0 Å². The normalized spacial score (nSPS) is 14.7. The van der Waals surface area contributed by atoms with Crippen molar-refractivity contribution < 1.29 is 18.0 Å². The van der Waals surface area contributed by atoms with Crippen LogP contribution in [0.4, 0.5) is 5.82 Å². The highest BCUT2D eigenvalue weighted by atomic mass is 32.2. The maximum Gasteiger partial charge on any atom is 0.227 e. The fourth-order valence-electron chi connectivity index (χ4n) is 5.55. The quantitative estimate of drug-likeness (QED) is 0.181. The highest BCUT2D eigenvalue weighted by Gasteiger charge is 2.32. The molecule has 1 aromatic heterocycles. The second kappa shape index (κ2) is 14.3. The Bertz CT molecular complexity index is 1550. The molecular weight excluding hydrogens is 564 g/mol. The number of amidine groups is 1. The van der Waals surface area contributed by atoms with Gasteiger partial charge in [0.2, 0.25) is 11.8 Å². The Morgan fingerprint density at radius 2 is 1.81 bits per heavy atom. The number of nitrogens with zero attached hydrogens (tertiary/aromatic N) is 2. The second-order valence-corrected chi connectivity index (χ2v) is 13.2. The lowest BCUT2D eigenvalue weighted by atomic mass is 9.90. The molecule has 0 radical (unpaired) electrons. The van der Waals surface area contributed by atoms with Crippen molar-refractivity contribution in [3.8, 4) is 11.1 Å². The number of anilines is 1. The van der Waals surface area contributed by atoms with Crippen molar-refractivity contribution in [1.29, 1.82) is 5.41 Å². The number of amides is 2. The summed E-state index contributed by atoms with van der Waals surface area (Å²) >= 11 is 0. The van der Waals surface area contributed by atoms with Gasteiger partial charge >= 0.3 is 0 Å². The van der Waals surface area contributed by atoms with Gasteiger partial charge in [-0.3, -0.25) is 15.0 Å². The van der Waals surface area contributed by atoms with Crippen LogP contribution in [0, 0.1) is 17.2 Å². The maximum atomic E-state index is 13.9. The molecule has 0 saturated carbocycles. The molecule has 1 aliphatic rings. The first-order chi connectivity index (χ1) is 20.6. The lowest BCUT2D eigenvalue weighted by molar-refractivity contribution is -0.136. The van der Waals surface area contributed by atoms with E-state index in [4.69, 9.17) is 16.9 Å². The van der Waals surface area contributed by atoms with Crippen molar-refractivity contribution in [2.24, 2.45) is 17.6 Å². The van der Waals surface area contributed by atoms with Crippen molar-refractivity contribution in [1.82, 2.24) is 15.2 Å². The Morgan fingerprint density at radius 1 is 1.07 bits per heavy atom. The van der Waals surface area contributed by atoms with Crippen LogP contribution in [0.3, 0.4) is 0 Å². The molecule has 0 spiro atoms. The van der Waals surface area contributed by atoms with Gasteiger partial charge in [0.1, 0.15) is 11.7 Å². The van der Waals surface area contributed by atoms with Gasteiger partial charge in [-0.05, 0) is 79.5 Å². The molecule has 6 N–H and O–H groups in total. The van der Waals surface area contributed by atoms with Gasteiger partial charge in [0, 0.05) is 43.9 Å². The van der Waals surface area contributed by atoms with Crippen LogP contribution >= 0.6 is 0 Å². The fraction of sp³-hybridized carbons (Fsp3) is 0.375. The smallest absolute Gasteiger partial charge is 0.227 e. The number of piperidine rings is 1. The molecule has 1 atom stereocenters. The molecule has 2 aromatic carbocycles. The zero-order chi connectivity index (χ0) is 31.0.